The summed E-state index contributed by atoms with van der Waals surface area (Å²) in [5.74, 6) is 1.11. The molecule has 3 rings (SSSR count). The predicted octanol–water partition coefficient (Wildman–Crippen LogP) is 2.11. The summed E-state index contributed by atoms with van der Waals surface area (Å²) < 4.78 is 39.8. The fourth-order valence-electron chi connectivity index (χ4n) is 3.28. The number of piperazine rings is 1. The van der Waals surface area contributed by atoms with Crippen molar-refractivity contribution in [2.24, 2.45) is 0 Å². The second kappa shape index (κ2) is 8.83. The van der Waals surface area contributed by atoms with Gasteiger partial charge in [0.05, 0.1) is 5.75 Å². The van der Waals surface area contributed by atoms with Crippen LogP contribution in [0, 0.1) is 5.82 Å². The third-order valence-corrected chi connectivity index (χ3v) is 6.79. The van der Waals surface area contributed by atoms with E-state index in [0.717, 1.165) is 24.7 Å². The number of hydrogen-bond acceptors (Lipinski definition) is 6. The topological polar surface area (TPSA) is 69.6 Å². The van der Waals surface area contributed by atoms with Crippen molar-refractivity contribution >= 4 is 21.7 Å². The summed E-state index contributed by atoms with van der Waals surface area (Å²) in [4.78, 5) is 4.17. The van der Waals surface area contributed by atoms with E-state index in [1.165, 1.54) is 28.6 Å². The number of anilines is 2. The van der Waals surface area contributed by atoms with Crippen molar-refractivity contribution in [3.05, 3.63) is 47.8 Å². The predicted molar refractivity (Wildman–Crippen MR) is 108 cm³/mol. The summed E-state index contributed by atoms with van der Waals surface area (Å²) in [7, 11) is -3.44. The molecule has 9 heteroatoms. The third kappa shape index (κ3) is 4.77. The number of aromatic nitrogens is 2. The smallest absolute Gasteiger partial charge is 0.218 e. The van der Waals surface area contributed by atoms with E-state index in [1.807, 2.05) is 17.0 Å². The highest BCUT2D eigenvalue weighted by Crippen LogP contribution is 2.19. The molecule has 7 nitrogen and oxygen atoms in total. The van der Waals surface area contributed by atoms with Crippen LogP contribution in [0.4, 0.5) is 16.0 Å². The Hall–Kier alpha value is -2.26. The number of sulfonamides is 1. The van der Waals surface area contributed by atoms with E-state index in [0.29, 0.717) is 31.7 Å². The highest BCUT2D eigenvalue weighted by Gasteiger charge is 2.27. The van der Waals surface area contributed by atoms with Crippen LogP contribution in [0.5, 0.6) is 0 Å². The maximum absolute atomic E-state index is 13.0. The first-order chi connectivity index (χ1) is 13.4. The molecule has 1 fully saturated rings. The average Bonchev–Trinajstić information content (AvgIpc) is 2.71. The standard InChI is InChI=1S/C19H26FN5O2S/c1-3-23(4-2)18-9-10-19(22-21-18)24-11-13-25(14-12-24)28(26,27)15-16-5-7-17(20)8-6-16/h5-10H,3-4,11-15H2,1-2H3. The Morgan fingerprint density at radius 3 is 2.14 bits per heavy atom. The molecule has 0 bridgehead atoms. The lowest BCUT2D eigenvalue weighted by molar-refractivity contribution is 0.383. The van der Waals surface area contributed by atoms with E-state index in [-0.39, 0.29) is 11.6 Å². The van der Waals surface area contributed by atoms with Crippen LogP contribution in [0.25, 0.3) is 0 Å². The Bertz CT molecular complexity index is 862. The Labute approximate surface area is 165 Å². The van der Waals surface area contributed by atoms with E-state index < -0.39 is 10.0 Å². The van der Waals surface area contributed by atoms with Crippen LogP contribution in [0.1, 0.15) is 19.4 Å². The van der Waals surface area contributed by atoms with Gasteiger partial charge in [-0.3, -0.25) is 0 Å². The van der Waals surface area contributed by atoms with Crippen molar-refractivity contribution in [2.45, 2.75) is 19.6 Å². The maximum atomic E-state index is 13.0. The second-order valence-corrected chi connectivity index (χ2v) is 8.66. The molecule has 0 N–H and O–H groups in total. The van der Waals surface area contributed by atoms with E-state index in [2.05, 4.69) is 28.9 Å². The van der Waals surface area contributed by atoms with Crippen LogP contribution in [0.3, 0.4) is 0 Å². The summed E-state index contributed by atoms with van der Waals surface area (Å²) in [6.07, 6.45) is 0. The highest BCUT2D eigenvalue weighted by molar-refractivity contribution is 7.88. The van der Waals surface area contributed by atoms with E-state index in [9.17, 15) is 12.8 Å². The van der Waals surface area contributed by atoms with Gasteiger partial charge in [-0.1, -0.05) is 12.1 Å². The van der Waals surface area contributed by atoms with Crippen LogP contribution < -0.4 is 9.80 Å². The molecular weight excluding hydrogens is 381 g/mol. The van der Waals surface area contributed by atoms with Gasteiger partial charge in [-0.25, -0.2) is 12.8 Å². The van der Waals surface area contributed by atoms with Gasteiger partial charge in [-0.2, -0.15) is 4.31 Å². The molecule has 1 aromatic heterocycles. The molecule has 152 valence electrons. The fourth-order valence-corrected chi connectivity index (χ4v) is 4.80. The van der Waals surface area contributed by atoms with Gasteiger partial charge < -0.3 is 9.80 Å². The lowest BCUT2D eigenvalue weighted by atomic mass is 10.2. The first kappa shape index (κ1) is 20.5. The quantitative estimate of drug-likeness (QED) is 0.700. The number of hydrogen-bond donors (Lipinski definition) is 0. The molecule has 1 aliphatic rings. The number of rotatable bonds is 7. The zero-order chi connectivity index (χ0) is 20.1. The van der Waals surface area contributed by atoms with Crippen LogP contribution in [0.15, 0.2) is 36.4 Å². The normalized spacial score (nSPS) is 15.6. The molecule has 2 aromatic rings. The maximum Gasteiger partial charge on any atom is 0.218 e. The molecule has 0 atom stereocenters. The van der Waals surface area contributed by atoms with Crippen molar-refractivity contribution in [2.75, 3.05) is 49.1 Å². The summed E-state index contributed by atoms with van der Waals surface area (Å²) in [5, 5.41) is 8.61. The minimum atomic E-state index is -3.44. The summed E-state index contributed by atoms with van der Waals surface area (Å²) >= 11 is 0. The largest absolute Gasteiger partial charge is 0.356 e. The van der Waals surface area contributed by atoms with Crippen LogP contribution in [-0.2, 0) is 15.8 Å². The van der Waals surface area contributed by atoms with E-state index >= 15 is 0 Å². The zero-order valence-corrected chi connectivity index (χ0v) is 17.1. The van der Waals surface area contributed by atoms with E-state index in [1.54, 1.807) is 0 Å². The van der Waals surface area contributed by atoms with Gasteiger partial charge in [-0.05, 0) is 43.7 Å². The molecular formula is C19H26FN5O2S. The molecule has 0 unspecified atom stereocenters. The third-order valence-electron chi connectivity index (χ3n) is 4.94. The molecule has 0 aliphatic carbocycles. The van der Waals surface area contributed by atoms with Crippen molar-refractivity contribution < 1.29 is 12.8 Å². The lowest BCUT2D eigenvalue weighted by Gasteiger charge is -2.34. The van der Waals surface area contributed by atoms with Crippen molar-refractivity contribution in [3.8, 4) is 0 Å². The Balaban J connectivity index is 1.59. The zero-order valence-electron chi connectivity index (χ0n) is 16.3. The first-order valence-corrected chi connectivity index (χ1v) is 11.1. The number of benzene rings is 1. The van der Waals surface area contributed by atoms with Gasteiger partial charge in [0.1, 0.15) is 5.82 Å². The van der Waals surface area contributed by atoms with Gasteiger partial charge in [0.2, 0.25) is 10.0 Å². The molecule has 0 saturated carbocycles. The Morgan fingerprint density at radius 1 is 0.964 bits per heavy atom. The number of halogens is 1. The molecule has 0 amide bonds. The number of nitrogens with zero attached hydrogens (tertiary/aromatic N) is 5. The first-order valence-electron chi connectivity index (χ1n) is 9.49. The molecule has 0 spiro atoms. The highest BCUT2D eigenvalue weighted by atomic mass is 32.2. The van der Waals surface area contributed by atoms with Crippen molar-refractivity contribution in [3.63, 3.8) is 0 Å². The molecule has 1 aromatic carbocycles. The molecule has 2 heterocycles. The van der Waals surface area contributed by atoms with Crippen LogP contribution in [0.2, 0.25) is 0 Å². The average molecular weight is 408 g/mol. The van der Waals surface area contributed by atoms with Crippen LogP contribution >= 0.6 is 0 Å². The monoisotopic (exact) mass is 407 g/mol. The summed E-state index contributed by atoms with van der Waals surface area (Å²) in [6.45, 7) is 7.79. The van der Waals surface area contributed by atoms with Gasteiger partial charge in [0.15, 0.2) is 11.6 Å². The van der Waals surface area contributed by atoms with Gasteiger partial charge in [0.25, 0.3) is 0 Å². The van der Waals surface area contributed by atoms with Gasteiger partial charge in [-0.15, -0.1) is 10.2 Å². The lowest BCUT2D eigenvalue weighted by Crippen LogP contribution is -2.49. The fraction of sp³-hybridized carbons (Fsp3) is 0.474. The second-order valence-electron chi connectivity index (χ2n) is 6.69. The molecule has 28 heavy (non-hydrogen) atoms. The van der Waals surface area contributed by atoms with E-state index in [4.69, 9.17) is 0 Å². The van der Waals surface area contributed by atoms with Crippen LogP contribution in [-0.4, -0.2) is 62.2 Å². The molecule has 0 radical (unpaired) electrons. The minimum Gasteiger partial charge on any atom is -0.356 e. The van der Waals surface area contributed by atoms with Gasteiger partial charge in [0, 0.05) is 39.3 Å². The molecule has 1 saturated heterocycles. The Kier molecular flexibility index (Phi) is 6.46. The van der Waals surface area contributed by atoms with Crippen molar-refractivity contribution in [1.29, 1.82) is 0 Å². The van der Waals surface area contributed by atoms with Crippen molar-refractivity contribution in [1.82, 2.24) is 14.5 Å². The minimum absolute atomic E-state index is 0.119. The van der Waals surface area contributed by atoms with Gasteiger partial charge >= 0.3 is 0 Å². The SMILES string of the molecule is CCN(CC)c1ccc(N2CCN(S(=O)(=O)Cc3ccc(F)cc3)CC2)nn1. The Morgan fingerprint density at radius 2 is 1.61 bits per heavy atom. The molecule has 1 aliphatic heterocycles. The summed E-state index contributed by atoms with van der Waals surface area (Å²) in [6, 6.07) is 9.47. The summed E-state index contributed by atoms with van der Waals surface area (Å²) in [5.41, 5.74) is 0.585.